The van der Waals surface area contributed by atoms with E-state index in [2.05, 4.69) is 25.3 Å². The number of nitrogens with zero attached hydrogens (tertiary/aromatic N) is 4. The Morgan fingerprint density at radius 2 is 2.31 bits per heavy atom. The van der Waals surface area contributed by atoms with Crippen molar-refractivity contribution in [3.8, 4) is 5.69 Å². The van der Waals surface area contributed by atoms with E-state index in [1.54, 1.807) is 10.9 Å². The molecule has 0 saturated carbocycles. The minimum atomic E-state index is -0.119. The summed E-state index contributed by atoms with van der Waals surface area (Å²) in [7, 11) is 0. The lowest BCUT2D eigenvalue weighted by Crippen LogP contribution is -2.39. The number of benzene rings is 1. The van der Waals surface area contributed by atoms with Crippen molar-refractivity contribution in [2.24, 2.45) is 0 Å². The second kappa shape index (κ2) is 7.13. The lowest BCUT2D eigenvalue weighted by Gasteiger charge is -2.23. The Morgan fingerprint density at radius 3 is 3.08 bits per heavy atom. The Kier molecular flexibility index (Phi) is 4.53. The number of carbonyl (C=O) groups excluding carboxylic acids is 1. The first-order chi connectivity index (χ1) is 12.7. The highest BCUT2D eigenvalue weighted by Gasteiger charge is 2.31. The maximum atomic E-state index is 12.8. The molecule has 0 spiro atoms. The standard InChI is InChI=1S/C19H22N6O/c1-14-20-12-16(22-14)13-24-9-3-7-18(24)19(26)23-15-5-2-6-17(11-15)25-10-4-8-21-25/h2,4-6,8,10-12,18H,3,7,9,13H2,1H3,(H,20,22)(H,23,26)/t18-/m1/s1. The number of likely N-dealkylation sites (tertiary alicyclic amines) is 1. The predicted octanol–water partition coefficient (Wildman–Crippen LogP) is 2.51. The molecule has 4 rings (SSSR count). The van der Waals surface area contributed by atoms with Crippen molar-refractivity contribution in [1.29, 1.82) is 0 Å². The minimum absolute atomic E-state index is 0.0383. The molecule has 2 aromatic heterocycles. The average Bonchev–Trinajstić information content (AvgIpc) is 3.37. The predicted molar refractivity (Wildman–Crippen MR) is 99.0 cm³/mol. The van der Waals surface area contributed by atoms with E-state index < -0.39 is 0 Å². The van der Waals surface area contributed by atoms with E-state index in [4.69, 9.17) is 0 Å². The number of H-pyrrole nitrogens is 1. The molecule has 7 nitrogen and oxygen atoms in total. The van der Waals surface area contributed by atoms with Gasteiger partial charge in [0, 0.05) is 36.5 Å². The quantitative estimate of drug-likeness (QED) is 0.741. The lowest BCUT2D eigenvalue weighted by molar-refractivity contribution is -0.120. The van der Waals surface area contributed by atoms with Crippen LogP contribution in [-0.4, -0.2) is 43.1 Å². The first kappa shape index (κ1) is 16.5. The number of aromatic amines is 1. The minimum Gasteiger partial charge on any atom is -0.345 e. The van der Waals surface area contributed by atoms with Gasteiger partial charge in [-0.15, -0.1) is 0 Å². The van der Waals surface area contributed by atoms with Crippen LogP contribution >= 0.6 is 0 Å². The monoisotopic (exact) mass is 350 g/mol. The highest BCUT2D eigenvalue weighted by Crippen LogP contribution is 2.22. The van der Waals surface area contributed by atoms with Gasteiger partial charge in [-0.3, -0.25) is 9.69 Å². The van der Waals surface area contributed by atoms with Gasteiger partial charge in [0.15, 0.2) is 0 Å². The summed E-state index contributed by atoms with van der Waals surface area (Å²) in [6.07, 6.45) is 7.36. The normalized spacial score (nSPS) is 17.5. The van der Waals surface area contributed by atoms with Crippen molar-refractivity contribution in [1.82, 2.24) is 24.6 Å². The van der Waals surface area contributed by atoms with Crippen LogP contribution in [0.2, 0.25) is 0 Å². The number of amides is 1. The number of imidazole rings is 1. The molecule has 1 saturated heterocycles. The molecule has 0 unspecified atom stereocenters. The van der Waals surface area contributed by atoms with Crippen LogP contribution in [-0.2, 0) is 11.3 Å². The third-order valence-electron chi connectivity index (χ3n) is 4.68. The lowest BCUT2D eigenvalue weighted by atomic mass is 10.2. The van der Waals surface area contributed by atoms with Crippen molar-refractivity contribution in [3.63, 3.8) is 0 Å². The molecule has 1 amide bonds. The fourth-order valence-electron chi connectivity index (χ4n) is 3.46. The molecular weight excluding hydrogens is 328 g/mol. The van der Waals surface area contributed by atoms with Gasteiger partial charge in [0.1, 0.15) is 5.82 Å². The summed E-state index contributed by atoms with van der Waals surface area (Å²) in [5.74, 6) is 0.937. The smallest absolute Gasteiger partial charge is 0.241 e. The second-order valence-corrected chi connectivity index (χ2v) is 6.61. The van der Waals surface area contributed by atoms with Crippen molar-refractivity contribution in [2.45, 2.75) is 32.4 Å². The number of carbonyl (C=O) groups is 1. The van der Waals surface area contributed by atoms with Crippen molar-refractivity contribution in [3.05, 3.63) is 60.4 Å². The zero-order valence-electron chi connectivity index (χ0n) is 14.7. The molecule has 1 aliphatic heterocycles. The van der Waals surface area contributed by atoms with Crippen LogP contribution in [0.3, 0.4) is 0 Å². The maximum Gasteiger partial charge on any atom is 0.241 e. The molecule has 7 heteroatoms. The second-order valence-electron chi connectivity index (χ2n) is 6.61. The van der Waals surface area contributed by atoms with Crippen LogP contribution in [0.15, 0.2) is 48.9 Å². The van der Waals surface area contributed by atoms with Crippen LogP contribution < -0.4 is 5.32 Å². The zero-order chi connectivity index (χ0) is 17.9. The van der Waals surface area contributed by atoms with Crippen LogP contribution in [0.1, 0.15) is 24.4 Å². The third kappa shape index (κ3) is 3.52. The Hall–Kier alpha value is -2.93. The fourth-order valence-corrected chi connectivity index (χ4v) is 3.46. The number of hydrogen-bond donors (Lipinski definition) is 2. The topological polar surface area (TPSA) is 78.8 Å². The summed E-state index contributed by atoms with van der Waals surface area (Å²) in [5.41, 5.74) is 2.75. The van der Waals surface area contributed by atoms with E-state index in [1.807, 2.05) is 49.6 Å². The Bertz CT molecular complexity index is 885. The van der Waals surface area contributed by atoms with E-state index in [0.717, 1.165) is 42.3 Å². The molecule has 26 heavy (non-hydrogen) atoms. The number of hydrogen-bond acceptors (Lipinski definition) is 4. The van der Waals surface area contributed by atoms with Crippen LogP contribution in [0.4, 0.5) is 5.69 Å². The molecule has 1 atom stereocenters. The van der Waals surface area contributed by atoms with Gasteiger partial charge in [0.2, 0.25) is 5.91 Å². The molecular formula is C19H22N6O. The van der Waals surface area contributed by atoms with Gasteiger partial charge in [0.05, 0.1) is 11.7 Å². The number of rotatable bonds is 5. The highest BCUT2D eigenvalue weighted by molar-refractivity contribution is 5.95. The largest absolute Gasteiger partial charge is 0.345 e. The number of aryl methyl sites for hydroxylation is 1. The van der Waals surface area contributed by atoms with Crippen molar-refractivity contribution in [2.75, 3.05) is 11.9 Å². The Morgan fingerprint density at radius 1 is 1.38 bits per heavy atom. The molecule has 3 aromatic rings. The average molecular weight is 350 g/mol. The molecule has 1 aromatic carbocycles. The molecule has 1 aliphatic rings. The molecule has 134 valence electrons. The molecule has 2 N–H and O–H groups in total. The summed E-state index contributed by atoms with van der Waals surface area (Å²) in [4.78, 5) is 22.5. The molecule has 0 aliphatic carbocycles. The van der Waals surface area contributed by atoms with Gasteiger partial charge in [-0.05, 0) is 50.6 Å². The van der Waals surface area contributed by atoms with Crippen LogP contribution in [0.5, 0.6) is 0 Å². The van der Waals surface area contributed by atoms with Crippen molar-refractivity contribution < 1.29 is 4.79 Å². The van der Waals surface area contributed by atoms with Crippen LogP contribution in [0.25, 0.3) is 5.69 Å². The van der Waals surface area contributed by atoms with Crippen molar-refractivity contribution >= 4 is 11.6 Å². The SMILES string of the molecule is Cc1ncc(CN2CCC[C@@H]2C(=O)Nc2cccc(-n3cccn3)c2)[nH]1. The summed E-state index contributed by atoms with van der Waals surface area (Å²) >= 11 is 0. The molecule has 0 radical (unpaired) electrons. The zero-order valence-corrected chi connectivity index (χ0v) is 14.7. The highest BCUT2D eigenvalue weighted by atomic mass is 16.2. The van der Waals surface area contributed by atoms with Gasteiger partial charge in [-0.1, -0.05) is 6.07 Å². The van der Waals surface area contributed by atoms with Gasteiger partial charge in [-0.25, -0.2) is 9.67 Å². The molecule has 0 bridgehead atoms. The summed E-state index contributed by atoms with van der Waals surface area (Å²) in [6.45, 7) is 3.57. The fraction of sp³-hybridized carbons (Fsp3) is 0.316. The summed E-state index contributed by atoms with van der Waals surface area (Å²) < 4.78 is 1.78. The van der Waals surface area contributed by atoms with Crippen LogP contribution in [0, 0.1) is 6.92 Å². The molecule has 1 fully saturated rings. The Balaban J connectivity index is 1.44. The number of nitrogens with one attached hydrogen (secondary N) is 2. The first-order valence-electron chi connectivity index (χ1n) is 8.84. The van der Waals surface area contributed by atoms with E-state index in [9.17, 15) is 4.79 Å². The van der Waals surface area contributed by atoms with Gasteiger partial charge < -0.3 is 10.3 Å². The number of aromatic nitrogens is 4. The van der Waals surface area contributed by atoms with E-state index in [1.165, 1.54) is 0 Å². The third-order valence-corrected chi connectivity index (χ3v) is 4.68. The van der Waals surface area contributed by atoms with E-state index in [0.29, 0.717) is 6.54 Å². The first-order valence-corrected chi connectivity index (χ1v) is 8.84. The van der Waals surface area contributed by atoms with Gasteiger partial charge >= 0.3 is 0 Å². The maximum absolute atomic E-state index is 12.8. The summed E-state index contributed by atoms with van der Waals surface area (Å²) in [6, 6.07) is 9.48. The van der Waals surface area contributed by atoms with Gasteiger partial charge in [0.25, 0.3) is 0 Å². The van der Waals surface area contributed by atoms with E-state index >= 15 is 0 Å². The summed E-state index contributed by atoms with van der Waals surface area (Å²) in [5, 5.41) is 7.29. The van der Waals surface area contributed by atoms with E-state index in [-0.39, 0.29) is 11.9 Å². The Labute approximate surface area is 152 Å². The molecule has 3 heterocycles. The number of anilines is 1. The van der Waals surface area contributed by atoms with Gasteiger partial charge in [-0.2, -0.15) is 5.10 Å².